The van der Waals surface area contributed by atoms with Crippen LogP contribution in [-0.4, -0.2) is 16.8 Å². The number of carbonyl (C=O) groups is 2. The highest BCUT2D eigenvalue weighted by Gasteiger charge is 2.07. The monoisotopic (exact) mass is 308 g/mol. The van der Waals surface area contributed by atoms with Crippen LogP contribution >= 0.6 is 0 Å². The Balaban J connectivity index is 2.08. The summed E-state index contributed by atoms with van der Waals surface area (Å²) in [6.45, 7) is 0. The second-order valence-electron chi connectivity index (χ2n) is 4.70. The number of nitrogens with two attached hydrogens (primary N) is 2. The Morgan fingerprint density at radius 3 is 2.43 bits per heavy atom. The van der Waals surface area contributed by atoms with E-state index in [1.165, 1.54) is 12.2 Å². The number of hydrogen-bond acceptors (Lipinski definition) is 4. The summed E-state index contributed by atoms with van der Waals surface area (Å²) < 4.78 is 0. The third-order valence-electron chi connectivity index (χ3n) is 2.88. The van der Waals surface area contributed by atoms with Crippen LogP contribution in [0.4, 0.5) is 5.69 Å². The average Bonchev–Trinajstić information content (AvgIpc) is 2.54. The van der Waals surface area contributed by atoms with Crippen LogP contribution in [0.2, 0.25) is 0 Å². The largest absolute Gasteiger partial charge is 0.399 e. The van der Waals surface area contributed by atoms with Crippen molar-refractivity contribution in [3.8, 4) is 0 Å². The van der Waals surface area contributed by atoms with E-state index in [-0.39, 0.29) is 5.70 Å². The van der Waals surface area contributed by atoms with Gasteiger partial charge in [0.15, 0.2) is 0 Å². The van der Waals surface area contributed by atoms with Crippen molar-refractivity contribution >= 4 is 29.7 Å². The maximum atomic E-state index is 11.9. The van der Waals surface area contributed by atoms with Crippen LogP contribution < -0.4 is 16.8 Å². The highest BCUT2D eigenvalue weighted by molar-refractivity contribution is 6.03. The lowest BCUT2D eigenvalue weighted by atomic mass is 10.2. The molecule has 0 aliphatic rings. The zero-order valence-electron chi connectivity index (χ0n) is 12.3. The summed E-state index contributed by atoms with van der Waals surface area (Å²) >= 11 is 0. The fraction of sp³-hybridized carbons (Fsp3) is 0. The molecule has 2 amide bonds. The third-order valence-corrected chi connectivity index (χ3v) is 2.88. The highest BCUT2D eigenvalue weighted by Crippen LogP contribution is 2.07. The second kappa shape index (κ2) is 7.56. The van der Waals surface area contributed by atoms with Gasteiger partial charge in [0, 0.05) is 24.2 Å². The van der Waals surface area contributed by atoms with Crippen molar-refractivity contribution in [2.45, 2.75) is 0 Å². The molecule has 23 heavy (non-hydrogen) atoms. The smallest absolute Gasteiger partial charge is 0.265 e. The Morgan fingerprint density at radius 1 is 1.09 bits per heavy atom. The van der Waals surface area contributed by atoms with Crippen LogP contribution in [0.5, 0.6) is 0 Å². The fourth-order valence-electron chi connectivity index (χ4n) is 1.75. The second-order valence-corrected chi connectivity index (χ2v) is 4.70. The van der Waals surface area contributed by atoms with Gasteiger partial charge in [0.05, 0.1) is 0 Å². The number of primary amides is 1. The number of amides is 2. The number of nitrogens with one attached hydrogen (secondary N) is 1. The summed E-state index contributed by atoms with van der Waals surface area (Å²) in [5, 5.41) is 2.45. The van der Waals surface area contributed by atoms with Crippen molar-refractivity contribution in [1.29, 1.82) is 0 Å². The first-order valence-corrected chi connectivity index (χ1v) is 6.81. The predicted molar refractivity (Wildman–Crippen MR) is 89.4 cm³/mol. The lowest BCUT2D eigenvalue weighted by Gasteiger charge is -2.04. The molecule has 0 atom stereocenters. The van der Waals surface area contributed by atoms with Gasteiger partial charge in [-0.15, -0.1) is 0 Å². The zero-order chi connectivity index (χ0) is 16.7. The Bertz CT molecular complexity index is 750. The summed E-state index contributed by atoms with van der Waals surface area (Å²) in [5.74, 6) is -1.20. The van der Waals surface area contributed by atoms with Gasteiger partial charge >= 0.3 is 0 Å². The van der Waals surface area contributed by atoms with Gasteiger partial charge in [0.1, 0.15) is 5.70 Å². The minimum Gasteiger partial charge on any atom is -0.399 e. The average molecular weight is 308 g/mol. The maximum absolute atomic E-state index is 11.9. The number of anilines is 1. The minimum atomic E-state index is -0.733. The van der Waals surface area contributed by atoms with Gasteiger partial charge in [-0.05, 0) is 41.5 Å². The molecule has 5 N–H and O–H groups in total. The van der Waals surface area contributed by atoms with Crippen LogP contribution in [0.3, 0.4) is 0 Å². The first-order valence-electron chi connectivity index (χ1n) is 6.81. The Hall–Kier alpha value is -3.41. The SMILES string of the molecule is NC(=O)/C(=C/c1cccnc1)NC(=O)/C=C/c1ccc(N)cc1. The molecule has 2 rings (SSSR count). The zero-order valence-corrected chi connectivity index (χ0v) is 12.3. The van der Waals surface area contributed by atoms with Gasteiger partial charge < -0.3 is 16.8 Å². The van der Waals surface area contributed by atoms with E-state index in [1.807, 2.05) is 0 Å². The number of carbonyl (C=O) groups excluding carboxylic acids is 2. The predicted octanol–water partition coefficient (Wildman–Crippen LogP) is 1.32. The lowest BCUT2D eigenvalue weighted by molar-refractivity contribution is -0.119. The van der Waals surface area contributed by atoms with Gasteiger partial charge in [0.25, 0.3) is 5.91 Å². The maximum Gasteiger partial charge on any atom is 0.265 e. The molecule has 0 fully saturated rings. The third kappa shape index (κ3) is 5.13. The number of rotatable bonds is 5. The quantitative estimate of drug-likeness (QED) is 0.571. The van der Waals surface area contributed by atoms with Gasteiger partial charge in [-0.2, -0.15) is 0 Å². The van der Waals surface area contributed by atoms with E-state index in [0.717, 1.165) is 5.56 Å². The van der Waals surface area contributed by atoms with Crippen molar-refractivity contribution in [3.05, 3.63) is 71.7 Å². The van der Waals surface area contributed by atoms with E-state index in [1.54, 1.807) is 54.9 Å². The Kier molecular flexibility index (Phi) is 5.25. The normalized spacial score (nSPS) is 11.4. The number of nitrogens with zero attached hydrogens (tertiary/aromatic N) is 1. The van der Waals surface area contributed by atoms with Gasteiger partial charge in [-0.25, -0.2) is 0 Å². The molecule has 116 valence electrons. The van der Waals surface area contributed by atoms with Crippen molar-refractivity contribution in [1.82, 2.24) is 10.3 Å². The molecule has 0 unspecified atom stereocenters. The number of aromatic nitrogens is 1. The number of nitrogen functional groups attached to an aromatic ring is 1. The number of hydrogen-bond donors (Lipinski definition) is 3. The molecule has 0 aliphatic carbocycles. The molecule has 6 nitrogen and oxygen atoms in total. The molecule has 1 aromatic heterocycles. The molecular formula is C17H16N4O2. The summed E-state index contributed by atoms with van der Waals surface area (Å²) in [4.78, 5) is 27.3. The first kappa shape index (κ1) is 16.0. The van der Waals surface area contributed by atoms with Crippen LogP contribution in [0.15, 0.2) is 60.6 Å². The standard InChI is InChI=1S/C17H16N4O2/c18-14-6-3-12(4-7-14)5-8-16(22)21-15(17(19)23)10-13-2-1-9-20-11-13/h1-11H,18H2,(H2,19,23)(H,21,22)/b8-5+,15-10-. The van der Waals surface area contributed by atoms with Crippen LogP contribution in [0.1, 0.15) is 11.1 Å². The molecule has 0 saturated heterocycles. The molecule has 1 aromatic carbocycles. The van der Waals surface area contributed by atoms with Crippen LogP contribution in [0, 0.1) is 0 Å². The summed E-state index contributed by atoms with van der Waals surface area (Å²) in [7, 11) is 0. The summed E-state index contributed by atoms with van der Waals surface area (Å²) in [6, 6.07) is 10.5. The highest BCUT2D eigenvalue weighted by atomic mass is 16.2. The molecule has 0 saturated carbocycles. The van der Waals surface area contributed by atoms with Gasteiger partial charge in [0.2, 0.25) is 5.91 Å². The molecule has 1 heterocycles. The lowest BCUT2D eigenvalue weighted by Crippen LogP contribution is -2.29. The van der Waals surface area contributed by atoms with Crippen LogP contribution in [-0.2, 0) is 9.59 Å². The van der Waals surface area contributed by atoms with Crippen molar-refractivity contribution in [2.75, 3.05) is 5.73 Å². The van der Waals surface area contributed by atoms with E-state index in [0.29, 0.717) is 11.3 Å². The van der Waals surface area contributed by atoms with E-state index >= 15 is 0 Å². The first-order chi connectivity index (χ1) is 11.0. The van der Waals surface area contributed by atoms with Gasteiger partial charge in [-0.1, -0.05) is 18.2 Å². The van der Waals surface area contributed by atoms with Crippen molar-refractivity contribution < 1.29 is 9.59 Å². The van der Waals surface area contributed by atoms with Crippen LogP contribution in [0.25, 0.3) is 12.2 Å². The fourth-order valence-corrected chi connectivity index (χ4v) is 1.75. The minimum absolute atomic E-state index is 0.00930. The van der Waals surface area contributed by atoms with Crippen molar-refractivity contribution in [3.63, 3.8) is 0 Å². The topological polar surface area (TPSA) is 111 Å². The molecule has 0 bridgehead atoms. The summed E-state index contributed by atoms with van der Waals surface area (Å²) in [5.41, 5.74) is 13.0. The molecule has 6 heteroatoms. The summed E-state index contributed by atoms with van der Waals surface area (Å²) in [6.07, 6.45) is 7.54. The molecular weight excluding hydrogens is 292 g/mol. The van der Waals surface area contributed by atoms with E-state index in [2.05, 4.69) is 10.3 Å². The number of pyridine rings is 1. The molecule has 0 spiro atoms. The molecule has 0 radical (unpaired) electrons. The molecule has 0 aliphatic heterocycles. The van der Waals surface area contributed by atoms with Crippen molar-refractivity contribution in [2.24, 2.45) is 5.73 Å². The van der Waals surface area contributed by atoms with E-state index in [4.69, 9.17) is 11.5 Å². The van der Waals surface area contributed by atoms with E-state index < -0.39 is 11.8 Å². The number of benzene rings is 1. The van der Waals surface area contributed by atoms with E-state index in [9.17, 15) is 9.59 Å². The Morgan fingerprint density at radius 2 is 1.83 bits per heavy atom. The van der Waals surface area contributed by atoms with Gasteiger partial charge in [-0.3, -0.25) is 14.6 Å². The Labute approximate surface area is 133 Å². The molecule has 2 aromatic rings.